The molecule has 2 saturated heterocycles. The lowest BCUT2D eigenvalue weighted by atomic mass is 9.97. The number of aromatic nitrogens is 5. The maximum Gasteiger partial charge on any atom is 0.416 e. The number of hydrogen-bond donors (Lipinski definition) is 1. The molecule has 2 aromatic heterocycles. The third-order valence-corrected chi connectivity index (χ3v) is 8.72. The summed E-state index contributed by atoms with van der Waals surface area (Å²) in [7, 11) is 0. The summed E-state index contributed by atoms with van der Waals surface area (Å²) < 4.78 is 43.4. The highest BCUT2D eigenvalue weighted by Gasteiger charge is 2.42. The molecule has 0 bridgehead atoms. The second-order valence-electron chi connectivity index (χ2n) is 11.4. The first-order chi connectivity index (χ1) is 18.9. The predicted octanol–water partition coefficient (Wildman–Crippen LogP) is 6.02. The molecule has 40 heavy (non-hydrogen) atoms. The Bertz CT molecular complexity index is 1370. The van der Waals surface area contributed by atoms with Gasteiger partial charge in [0.1, 0.15) is 5.82 Å². The van der Waals surface area contributed by atoms with Crippen molar-refractivity contribution >= 4 is 24.3 Å². The topological polar surface area (TPSA) is 82.9 Å². The minimum absolute atomic E-state index is 0. The van der Waals surface area contributed by atoms with E-state index < -0.39 is 17.8 Å². The first-order valence-electron chi connectivity index (χ1n) is 14.1. The van der Waals surface area contributed by atoms with E-state index in [0.29, 0.717) is 30.9 Å². The van der Waals surface area contributed by atoms with Gasteiger partial charge in [0.25, 0.3) is 5.91 Å². The average Bonchev–Trinajstić information content (AvgIpc) is 3.81. The summed E-state index contributed by atoms with van der Waals surface area (Å²) in [6.07, 6.45) is 4.50. The maximum absolute atomic E-state index is 13.9. The number of alkyl halides is 3. The van der Waals surface area contributed by atoms with Crippen LogP contribution in [0.25, 0.3) is 0 Å². The Balaban J connectivity index is 0.00000289. The fourth-order valence-electron chi connectivity index (χ4n) is 6.38. The highest BCUT2D eigenvalue weighted by molar-refractivity contribution is 5.96. The highest BCUT2D eigenvalue weighted by Crippen LogP contribution is 2.46. The van der Waals surface area contributed by atoms with Gasteiger partial charge in [0.15, 0.2) is 0 Å². The number of carbonyl (C=O) groups is 1. The van der Waals surface area contributed by atoms with Crippen molar-refractivity contribution in [1.82, 2.24) is 29.9 Å². The Morgan fingerprint density at radius 2 is 1.68 bits per heavy atom. The number of likely N-dealkylation sites (tertiary alicyclic amines) is 1. The number of rotatable bonds is 6. The summed E-state index contributed by atoms with van der Waals surface area (Å²) in [4.78, 5) is 22.4. The number of nitrogens with zero attached hydrogens (tertiary/aromatic N) is 6. The van der Waals surface area contributed by atoms with E-state index in [2.05, 4.69) is 15.1 Å². The third kappa shape index (κ3) is 4.97. The van der Waals surface area contributed by atoms with Crippen LogP contribution in [-0.4, -0.2) is 55.4 Å². The van der Waals surface area contributed by atoms with Crippen LogP contribution >= 0.6 is 12.4 Å². The standard InChI is InChI=1S/C28H32F3N7O.ClH/c29-28(30,31)22-5-2-1-4-20(22)23-6-3-13-37(23)26(39)21-16-32-38(24(21)17-7-8-17)19-11-14-36(15-12-19)27-33-25(34-35-27)18-9-10-18;/h1-2,4-5,16-19,23H,3,6-15H2,(H,33,34,35);1H. The molecule has 4 heterocycles. The van der Waals surface area contributed by atoms with Crippen molar-refractivity contribution in [3.8, 4) is 0 Å². The number of carbonyl (C=O) groups excluding carboxylic acids is 1. The number of H-pyrrole nitrogens is 1. The van der Waals surface area contributed by atoms with E-state index in [1.54, 1.807) is 17.2 Å². The van der Waals surface area contributed by atoms with Crippen molar-refractivity contribution in [2.75, 3.05) is 24.5 Å². The molecule has 3 aromatic rings. The van der Waals surface area contributed by atoms with Crippen molar-refractivity contribution < 1.29 is 18.0 Å². The first-order valence-corrected chi connectivity index (χ1v) is 14.1. The molecule has 1 atom stereocenters. The number of nitrogens with one attached hydrogen (secondary N) is 1. The summed E-state index contributed by atoms with van der Waals surface area (Å²) >= 11 is 0. The van der Waals surface area contributed by atoms with Crippen LogP contribution in [-0.2, 0) is 6.18 Å². The molecule has 1 amide bonds. The average molecular weight is 576 g/mol. The zero-order valence-electron chi connectivity index (χ0n) is 22.1. The number of hydrogen-bond acceptors (Lipinski definition) is 5. The fourth-order valence-corrected chi connectivity index (χ4v) is 6.38. The van der Waals surface area contributed by atoms with Crippen LogP contribution in [0.1, 0.15) is 108 Å². The summed E-state index contributed by atoms with van der Waals surface area (Å²) in [5.74, 6) is 2.35. The van der Waals surface area contributed by atoms with Crippen molar-refractivity contribution in [3.63, 3.8) is 0 Å². The minimum atomic E-state index is -4.46. The maximum atomic E-state index is 13.9. The molecule has 2 aliphatic carbocycles. The first kappa shape index (κ1) is 27.1. The molecule has 1 aromatic carbocycles. The zero-order chi connectivity index (χ0) is 26.7. The Morgan fingerprint density at radius 3 is 2.38 bits per heavy atom. The van der Waals surface area contributed by atoms with Gasteiger partial charge in [-0.2, -0.15) is 23.3 Å². The number of halogens is 4. The van der Waals surface area contributed by atoms with Crippen LogP contribution < -0.4 is 4.90 Å². The van der Waals surface area contributed by atoms with Gasteiger partial charge in [0, 0.05) is 31.5 Å². The van der Waals surface area contributed by atoms with Crippen LogP contribution in [0.2, 0.25) is 0 Å². The van der Waals surface area contributed by atoms with Gasteiger partial charge in [-0.1, -0.05) is 18.2 Å². The van der Waals surface area contributed by atoms with Gasteiger partial charge < -0.3 is 9.80 Å². The van der Waals surface area contributed by atoms with Crippen molar-refractivity contribution in [2.24, 2.45) is 0 Å². The summed E-state index contributed by atoms with van der Waals surface area (Å²) in [6.45, 7) is 2.06. The molecule has 2 aliphatic heterocycles. The highest BCUT2D eigenvalue weighted by atomic mass is 35.5. The molecule has 4 fully saturated rings. The number of anilines is 1. The van der Waals surface area contributed by atoms with Gasteiger partial charge in [-0.05, 0) is 63.0 Å². The molecule has 12 heteroatoms. The van der Waals surface area contributed by atoms with E-state index in [1.165, 1.54) is 25.0 Å². The number of piperidine rings is 1. The SMILES string of the molecule is Cl.O=C(c1cnn(C2CCN(c3n[nH]c(C4CC4)n3)CC2)c1C1CC1)N1CCCC1c1ccccc1C(F)(F)F. The number of amides is 1. The largest absolute Gasteiger partial charge is 0.416 e. The van der Waals surface area contributed by atoms with E-state index in [-0.39, 0.29) is 35.8 Å². The van der Waals surface area contributed by atoms with Crippen LogP contribution in [0.4, 0.5) is 19.1 Å². The quantitative estimate of drug-likeness (QED) is 0.389. The molecule has 2 saturated carbocycles. The lowest BCUT2D eigenvalue weighted by molar-refractivity contribution is -0.138. The van der Waals surface area contributed by atoms with Crippen LogP contribution in [0, 0.1) is 0 Å². The van der Waals surface area contributed by atoms with Crippen molar-refractivity contribution in [3.05, 3.63) is 58.7 Å². The summed E-state index contributed by atoms with van der Waals surface area (Å²) in [6, 6.07) is 5.23. The molecular formula is C28H33ClF3N7O. The monoisotopic (exact) mass is 575 g/mol. The second-order valence-corrected chi connectivity index (χ2v) is 11.4. The second kappa shape index (κ2) is 10.4. The third-order valence-electron chi connectivity index (χ3n) is 8.72. The minimum Gasteiger partial charge on any atom is -0.339 e. The van der Waals surface area contributed by atoms with E-state index in [9.17, 15) is 18.0 Å². The molecular weight excluding hydrogens is 543 g/mol. The molecule has 0 spiro atoms. The molecule has 0 radical (unpaired) electrons. The lowest BCUT2D eigenvalue weighted by Crippen LogP contribution is -2.36. The van der Waals surface area contributed by atoms with Gasteiger partial charge >= 0.3 is 6.18 Å². The smallest absolute Gasteiger partial charge is 0.339 e. The number of aromatic amines is 1. The molecule has 1 N–H and O–H groups in total. The van der Waals surface area contributed by atoms with Gasteiger partial charge in [-0.25, -0.2) is 0 Å². The Hall–Kier alpha value is -3.08. The van der Waals surface area contributed by atoms with Crippen LogP contribution in [0.15, 0.2) is 30.5 Å². The Morgan fingerprint density at radius 1 is 0.950 bits per heavy atom. The fraction of sp³-hybridized carbons (Fsp3) is 0.571. The van der Waals surface area contributed by atoms with Gasteiger partial charge in [0.05, 0.1) is 35.1 Å². The van der Waals surface area contributed by atoms with Gasteiger partial charge in [-0.15, -0.1) is 17.5 Å². The normalized spacial score (nSPS) is 22.0. The molecule has 8 nitrogen and oxygen atoms in total. The molecule has 7 rings (SSSR count). The van der Waals surface area contributed by atoms with E-state index in [1.807, 2.05) is 4.68 Å². The van der Waals surface area contributed by atoms with Gasteiger partial charge in [-0.3, -0.25) is 14.6 Å². The van der Waals surface area contributed by atoms with E-state index in [4.69, 9.17) is 10.1 Å². The zero-order valence-corrected chi connectivity index (χ0v) is 22.9. The van der Waals surface area contributed by atoms with Gasteiger partial charge in [0.2, 0.25) is 5.95 Å². The molecule has 214 valence electrons. The molecule has 1 unspecified atom stereocenters. The summed E-state index contributed by atoms with van der Waals surface area (Å²) in [5.41, 5.74) is 1.04. The predicted molar refractivity (Wildman–Crippen MR) is 145 cm³/mol. The lowest BCUT2D eigenvalue weighted by Gasteiger charge is -2.32. The number of benzene rings is 1. The van der Waals surface area contributed by atoms with Crippen molar-refractivity contribution in [2.45, 2.75) is 81.5 Å². The van der Waals surface area contributed by atoms with Crippen molar-refractivity contribution in [1.29, 1.82) is 0 Å². The van der Waals surface area contributed by atoms with E-state index >= 15 is 0 Å². The van der Waals surface area contributed by atoms with Crippen LogP contribution in [0.3, 0.4) is 0 Å². The van der Waals surface area contributed by atoms with Crippen LogP contribution in [0.5, 0.6) is 0 Å². The molecule has 4 aliphatic rings. The Kier molecular flexibility index (Phi) is 7.04. The summed E-state index contributed by atoms with van der Waals surface area (Å²) in [5, 5.41) is 12.2. The Labute approximate surface area is 236 Å². The van der Waals surface area contributed by atoms with E-state index in [0.717, 1.165) is 62.3 Å².